The van der Waals surface area contributed by atoms with Crippen molar-refractivity contribution in [2.45, 2.75) is 13.0 Å². The fraction of sp³-hybridized carbons (Fsp3) is 0.133. The van der Waals surface area contributed by atoms with Crippen LogP contribution in [0.25, 0.3) is 0 Å². The molecule has 0 aromatic heterocycles. The summed E-state index contributed by atoms with van der Waals surface area (Å²) in [5, 5.41) is 18.5. The van der Waals surface area contributed by atoms with Crippen molar-refractivity contribution >= 4 is 12.1 Å². The van der Waals surface area contributed by atoms with Gasteiger partial charge in [-0.15, -0.1) is 0 Å². The molecule has 0 saturated carbocycles. The Morgan fingerprint density at radius 3 is 3.13 bits per heavy atom. The molecule has 1 aromatic rings. The molecule has 0 fully saturated rings. The van der Waals surface area contributed by atoms with E-state index in [2.05, 4.69) is 26.2 Å². The smallest absolute Gasteiger partial charge is 0.256 e. The lowest BCUT2D eigenvalue weighted by molar-refractivity contribution is 0.0965. The van der Waals surface area contributed by atoms with E-state index in [1.165, 1.54) is 0 Å². The Hall–Kier alpha value is -3.47. The molecule has 116 valence electrons. The summed E-state index contributed by atoms with van der Waals surface area (Å²) in [5.41, 5.74) is 4.64. The minimum Gasteiger partial charge on any atom is -0.324 e. The SMILES string of the molecule is N#Cc1cc(CN/N=N\N)ccc1C(=O)NC1=CN=CC=CC1. The summed E-state index contributed by atoms with van der Waals surface area (Å²) >= 11 is 0. The standard InChI is InChI=1S/C15H15N7O/c16-8-12-7-11(9-19-22-21-17)4-5-14(12)15(23)20-13-3-1-2-6-18-10-13/h1-2,4-7,10H,3,9H2,(H2,17,22)(H,19,21)(H,20,23). The van der Waals surface area contributed by atoms with Crippen molar-refractivity contribution in [3.8, 4) is 6.07 Å². The zero-order valence-electron chi connectivity index (χ0n) is 12.2. The van der Waals surface area contributed by atoms with Gasteiger partial charge in [0.05, 0.1) is 23.7 Å². The predicted octanol–water partition coefficient (Wildman–Crippen LogP) is 1.49. The Morgan fingerprint density at radius 2 is 2.35 bits per heavy atom. The number of nitrogens with zero attached hydrogens (tertiary/aromatic N) is 4. The van der Waals surface area contributed by atoms with Crippen LogP contribution in [0.2, 0.25) is 0 Å². The molecule has 23 heavy (non-hydrogen) atoms. The van der Waals surface area contributed by atoms with Gasteiger partial charge in [-0.05, 0) is 23.8 Å². The molecule has 0 aliphatic carbocycles. The quantitative estimate of drug-likeness (QED) is 0.432. The molecule has 0 bridgehead atoms. The van der Waals surface area contributed by atoms with E-state index in [9.17, 15) is 10.1 Å². The summed E-state index contributed by atoms with van der Waals surface area (Å²) in [5.74, 6) is 4.54. The summed E-state index contributed by atoms with van der Waals surface area (Å²) < 4.78 is 0. The van der Waals surface area contributed by atoms with E-state index in [0.717, 1.165) is 5.56 Å². The van der Waals surface area contributed by atoms with Gasteiger partial charge in [0.25, 0.3) is 5.91 Å². The number of aliphatic imine (C=N–C) groups is 1. The Kier molecular flexibility index (Phi) is 5.60. The largest absolute Gasteiger partial charge is 0.324 e. The molecule has 0 unspecified atom stereocenters. The lowest BCUT2D eigenvalue weighted by Gasteiger charge is -2.09. The lowest BCUT2D eigenvalue weighted by atomic mass is 10.0. The maximum atomic E-state index is 12.3. The third-order valence-corrected chi connectivity index (χ3v) is 3.01. The van der Waals surface area contributed by atoms with Gasteiger partial charge in [-0.3, -0.25) is 15.2 Å². The van der Waals surface area contributed by atoms with Crippen molar-refractivity contribution in [1.82, 2.24) is 10.7 Å². The zero-order valence-corrected chi connectivity index (χ0v) is 12.2. The van der Waals surface area contributed by atoms with Gasteiger partial charge in [0.2, 0.25) is 0 Å². The number of carbonyl (C=O) groups excluding carboxylic acids is 1. The molecular formula is C15H15N7O. The number of nitriles is 1. The lowest BCUT2D eigenvalue weighted by Crippen LogP contribution is -2.23. The van der Waals surface area contributed by atoms with E-state index in [0.29, 0.717) is 24.2 Å². The topological polar surface area (TPSA) is 128 Å². The number of nitrogens with two attached hydrogens (primary N) is 1. The zero-order chi connectivity index (χ0) is 16.5. The van der Waals surface area contributed by atoms with Gasteiger partial charge in [0.1, 0.15) is 0 Å². The van der Waals surface area contributed by atoms with Gasteiger partial charge in [-0.25, -0.2) is 0 Å². The van der Waals surface area contributed by atoms with Gasteiger partial charge in [-0.1, -0.05) is 22.6 Å². The number of benzene rings is 1. The van der Waals surface area contributed by atoms with Gasteiger partial charge in [-0.2, -0.15) is 5.26 Å². The van der Waals surface area contributed by atoms with Crippen molar-refractivity contribution in [2.24, 2.45) is 21.3 Å². The van der Waals surface area contributed by atoms with Crippen molar-refractivity contribution in [2.75, 3.05) is 0 Å². The number of allylic oxidation sites excluding steroid dienone is 2. The van der Waals surface area contributed by atoms with Crippen LogP contribution in [-0.2, 0) is 6.54 Å². The first-order chi connectivity index (χ1) is 11.2. The highest BCUT2D eigenvalue weighted by Gasteiger charge is 2.13. The van der Waals surface area contributed by atoms with Crippen LogP contribution in [0.15, 0.2) is 57.7 Å². The number of nitrogens with one attached hydrogen (secondary N) is 2. The molecule has 1 aromatic carbocycles. The van der Waals surface area contributed by atoms with E-state index in [-0.39, 0.29) is 11.5 Å². The van der Waals surface area contributed by atoms with Crippen LogP contribution in [0, 0.1) is 11.3 Å². The normalized spacial score (nSPS) is 13.3. The van der Waals surface area contributed by atoms with Crippen LogP contribution in [0.3, 0.4) is 0 Å². The highest BCUT2D eigenvalue weighted by atomic mass is 16.1. The maximum absolute atomic E-state index is 12.3. The van der Waals surface area contributed by atoms with Crippen LogP contribution >= 0.6 is 0 Å². The Labute approximate surface area is 133 Å². The Balaban J connectivity index is 2.13. The summed E-state index contributed by atoms with van der Waals surface area (Å²) in [6.07, 6.45) is 7.48. The van der Waals surface area contributed by atoms with Crippen molar-refractivity contribution in [3.63, 3.8) is 0 Å². The van der Waals surface area contributed by atoms with Gasteiger partial charge >= 0.3 is 0 Å². The molecule has 1 heterocycles. The molecule has 1 aliphatic heterocycles. The summed E-state index contributed by atoms with van der Waals surface area (Å²) in [6.45, 7) is 0.349. The number of carbonyl (C=O) groups is 1. The van der Waals surface area contributed by atoms with E-state index in [4.69, 9.17) is 5.84 Å². The van der Waals surface area contributed by atoms with Gasteiger partial charge in [0.15, 0.2) is 0 Å². The third-order valence-electron chi connectivity index (χ3n) is 3.01. The third kappa shape index (κ3) is 4.50. The van der Waals surface area contributed by atoms with Crippen LogP contribution in [-0.4, -0.2) is 12.1 Å². The summed E-state index contributed by atoms with van der Waals surface area (Å²) in [7, 11) is 0. The first kappa shape index (κ1) is 15.9. The molecule has 1 amide bonds. The van der Waals surface area contributed by atoms with Crippen LogP contribution in [0.5, 0.6) is 0 Å². The molecule has 8 nitrogen and oxygen atoms in total. The Morgan fingerprint density at radius 1 is 1.48 bits per heavy atom. The second-order valence-electron chi connectivity index (χ2n) is 4.58. The maximum Gasteiger partial charge on any atom is 0.256 e. The molecule has 0 radical (unpaired) electrons. The monoisotopic (exact) mass is 309 g/mol. The number of hydrogen-bond donors (Lipinski definition) is 3. The van der Waals surface area contributed by atoms with E-state index in [1.807, 2.05) is 12.1 Å². The molecule has 4 N–H and O–H groups in total. The number of amides is 1. The van der Waals surface area contributed by atoms with Crippen molar-refractivity contribution in [1.29, 1.82) is 5.26 Å². The van der Waals surface area contributed by atoms with E-state index >= 15 is 0 Å². The van der Waals surface area contributed by atoms with E-state index < -0.39 is 0 Å². The summed E-state index contributed by atoms with van der Waals surface area (Å²) in [4.78, 5) is 16.3. The first-order valence-corrected chi connectivity index (χ1v) is 6.79. The summed E-state index contributed by atoms with van der Waals surface area (Å²) in [6, 6.07) is 6.97. The average molecular weight is 309 g/mol. The Bertz CT molecular complexity index is 741. The molecule has 0 atom stereocenters. The molecule has 2 rings (SSSR count). The highest BCUT2D eigenvalue weighted by Crippen LogP contribution is 2.13. The number of rotatable bonds is 5. The second kappa shape index (κ2) is 8.09. The molecule has 1 aliphatic rings. The number of hydrogen-bond acceptors (Lipinski definition) is 5. The molecule has 8 heteroatoms. The van der Waals surface area contributed by atoms with Crippen LogP contribution in [0.1, 0.15) is 27.9 Å². The first-order valence-electron chi connectivity index (χ1n) is 6.79. The minimum atomic E-state index is -0.348. The van der Waals surface area contributed by atoms with Crippen molar-refractivity contribution < 1.29 is 4.79 Å². The minimum absolute atomic E-state index is 0.278. The fourth-order valence-corrected chi connectivity index (χ4v) is 1.95. The average Bonchev–Trinajstić information content (AvgIpc) is 2.83. The van der Waals surface area contributed by atoms with E-state index in [1.54, 1.807) is 36.7 Å². The van der Waals surface area contributed by atoms with Gasteiger partial charge in [0, 0.05) is 24.5 Å². The molecule has 0 spiro atoms. The molecule has 0 saturated heterocycles. The fourth-order valence-electron chi connectivity index (χ4n) is 1.95. The van der Waals surface area contributed by atoms with Crippen LogP contribution in [0.4, 0.5) is 0 Å². The van der Waals surface area contributed by atoms with Gasteiger partial charge < -0.3 is 11.2 Å². The highest BCUT2D eigenvalue weighted by molar-refractivity contribution is 5.97. The second-order valence-corrected chi connectivity index (χ2v) is 4.58. The van der Waals surface area contributed by atoms with Crippen molar-refractivity contribution in [3.05, 3.63) is 58.9 Å². The molecular weight excluding hydrogens is 294 g/mol. The predicted molar refractivity (Wildman–Crippen MR) is 84.8 cm³/mol. The van der Waals surface area contributed by atoms with Crippen LogP contribution < -0.4 is 16.6 Å².